The fourth-order valence-electron chi connectivity index (χ4n) is 3.82. The second kappa shape index (κ2) is 8.06. The Morgan fingerprint density at radius 3 is 2.48 bits per heavy atom. The van der Waals surface area contributed by atoms with Gasteiger partial charge >= 0.3 is 0 Å². The first-order chi connectivity index (χ1) is 14.1. The van der Waals surface area contributed by atoms with E-state index in [9.17, 15) is 0 Å². The Kier molecular flexibility index (Phi) is 5.33. The van der Waals surface area contributed by atoms with Crippen molar-refractivity contribution in [3.05, 3.63) is 36.4 Å². The molecule has 0 aliphatic carbocycles. The van der Waals surface area contributed by atoms with Gasteiger partial charge in [-0.25, -0.2) is 19.9 Å². The van der Waals surface area contributed by atoms with Crippen molar-refractivity contribution in [2.45, 2.75) is 25.8 Å². The summed E-state index contributed by atoms with van der Waals surface area (Å²) in [4.78, 5) is 22.5. The summed E-state index contributed by atoms with van der Waals surface area (Å²) < 4.78 is 10.9. The first-order valence-corrected chi connectivity index (χ1v) is 9.74. The fraction of sp³-hybridized carbons (Fsp3) is 0.429. The highest BCUT2D eigenvalue weighted by molar-refractivity contribution is 5.92. The molecular formula is C21H26N6O2. The third kappa shape index (κ3) is 3.74. The number of aryl methyl sites for hydroxylation is 1. The molecule has 0 radical (unpaired) electrons. The molecule has 0 N–H and O–H groups in total. The number of hydrogen-bond donors (Lipinski definition) is 0. The van der Waals surface area contributed by atoms with Crippen LogP contribution in [0.4, 0.5) is 11.8 Å². The largest absolute Gasteiger partial charge is 0.493 e. The molecule has 3 aromatic rings. The lowest BCUT2D eigenvalue weighted by atomic mass is 10.0. The number of likely N-dealkylation sites (N-methyl/N-ethyl adjacent to an activating group) is 1. The second-order valence-electron chi connectivity index (χ2n) is 7.34. The van der Waals surface area contributed by atoms with Crippen molar-refractivity contribution in [3.8, 4) is 11.5 Å². The molecule has 1 unspecified atom stereocenters. The molecule has 1 atom stereocenters. The molecule has 1 fully saturated rings. The second-order valence-corrected chi connectivity index (χ2v) is 7.34. The minimum atomic E-state index is 0.302. The van der Waals surface area contributed by atoms with Gasteiger partial charge in [-0.3, -0.25) is 0 Å². The Morgan fingerprint density at radius 2 is 1.76 bits per heavy atom. The van der Waals surface area contributed by atoms with E-state index in [1.807, 2.05) is 31.5 Å². The molecule has 2 aromatic heterocycles. The minimum Gasteiger partial charge on any atom is -0.493 e. The number of ether oxygens (including phenoxy) is 2. The Bertz CT molecular complexity index is 994. The van der Waals surface area contributed by atoms with E-state index in [2.05, 4.69) is 36.8 Å². The maximum Gasteiger partial charge on any atom is 0.225 e. The maximum atomic E-state index is 5.49. The first-order valence-electron chi connectivity index (χ1n) is 9.74. The molecule has 4 rings (SSSR count). The van der Waals surface area contributed by atoms with Gasteiger partial charge in [0.2, 0.25) is 5.95 Å². The number of rotatable bonds is 5. The van der Waals surface area contributed by atoms with Gasteiger partial charge in [-0.15, -0.1) is 0 Å². The highest BCUT2D eigenvalue weighted by atomic mass is 16.5. The van der Waals surface area contributed by atoms with Crippen molar-refractivity contribution in [3.63, 3.8) is 0 Å². The van der Waals surface area contributed by atoms with Crippen LogP contribution in [0.2, 0.25) is 0 Å². The summed E-state index contributed by atoms with van der Waals surface area (Å²) in [5.74, 6) is 3.01. The topological polar surface area (TPSA) is 76.5 Å². The van der Waals surface area contributed by atoms with Crippen molar-refractivity contribution in [1.29, 1.82) is 0 Å². The molecule has 8 heteroatoms. The van der Waals surface area contributed by atoms with E-state index >= 15 is 0 Å². The molecular weight excluding hydrogens is 368 g/mol. The molecule has 0 saturated carbocycles. The summed E-state index contributed by atoms with van der Waals surface area (Å²) in [6.07, 6.45) is 7.48. The Balaban J connectivity index is 1.64. The van der Waals surface area contributed by atoms with Crippen molar-refractivity contribution >= 4 is 22.7 Å². The average Bonchev–Trinajstić information content (AvgIpc) is 2.77. The van der Waals surface area contributed by atoms with Crippen LogP contribution in [0.3, 0.4) is 0 Å². The van der Waals surface area contributed by atoms with E-state index in [-0.39, 0.29) is 0 Å². The third-order valence-electron chi connectivity index (χ3n) is 5.45. The van der Waals surface area contributed by atoms with E-state index in [0.717, 1.165) is 54.2 Å². The number of fused-ring (bicyclic) bond motifs is 1. The van der Waals surface area contributed by atoms with Gasteiger partial charge in [0.1, 0.15) is 12.1 Å². The van der Waals surface area contributed by atoms with Crippen molar-refractivity contribution < 1.29 is 9.47 Å². The summed E-state index contributed by atoms with van der Waals surface area (Å²) in [6.45, 7) is 3.78. The number of hydrogen-bond acceptors (Lipinski definition) is 8. The van der Waals surface area contributed by atoms with Crippen LogP contribution < -0.4 is 19.3 Å². The monoisotopic (exact) mass is 394 g/mol. The molecule has 1 aliphatic heterocycles. The highest BCUT2D eigenvalue weighted by Crippen LogP contribution is 2.35. The molecule has 0 amide bonds. The van der Waals surface area contributed by atoms with Gasteiger partial charge in [-0.05, 0) is 31.4 Å². The normalized spacial score (nSPS) is 16.7. The third-order valence-corrected chi connectivity index (χ3v) is 5.45. The van der Waals surface area contributed by atoms with Crippen molar-refractivity contribution in [1.82, 2.24) is 19.9 Å². The zero-order valence-electron chi connectivity index (χ0n) is 17.3. The molecule has 1 saturated heterocycles. The Morgan fingerprint density at radius 1 is 1.03 bits per heavy atom. The fourth-order valence-corrected chi connectivity index (χ4v) is 3.82. The first kappa shape index (κ1) is 19.2. The van der Waals surface area contributed by atoms with Gasteiger partial charge in [0.25, 0.3) is 0 Å². The van der Waals surface area contributed by atoms with E-state index in [1.54, 1.807) is 20.5 Å². The zero-order chi connectivity index (χ0) is 20.4. The van der Waals surface area contributed by atoms with Crippen LogP contribution in [0.15, 0.2) is 30.9 Å². The summed E-state index contributed by atoms with van der Waals surface area (Å²) in [5.41, 5.74) is 1.90. The lowest BCUT2D eigenvalue weighted by molar-refractivity contribution is 0.355. The van der Waals surface area contributed by atoms with Gasteiger partial charge in [0.05, 0.1) is 19.7 Å². The quantitative estimate of drug-likeness (QED) is 0.654. The number of nitrogens with zero attached hydrogens (tertiary/aromatic N) is 6. The average molecular weight is 394 g/mol. The van der Waals surface area contributed by atoms with Gasteiger partial charge in [-0.2, -0.15) is 0 Å². The summed E-state index contributed by atoms with van der Waals surface area (Å²) in [5, 5.41) is 0.958. The Labute approximate surface area is 170 Å². The van der Waals surface area contributed by atoms with E-state index < -0.39 is 0 Å². The molecule has 0 bridgehead atoms. The lowest BCUT2D eigenvalue weighted by Gasteiger charge is -2.38. The highest BCUT2D eigenvalue weighted by Gasteiger charge is 2.27. The molecule has 3 heterocycles. The van der Waals surface area contributed by atoms with Gasteiger partial charge < -0.3 is 19.3 Å². The number of anilines is 2. The molecule has 152 valence electrons. The summed E-state index contributed by atoms with van der Waals surface area (Å²) in [6, 6.07) is 4.16. The predicted octanol–water partition coefficient (Wildman–Crippen LogP) is 2.85. The van der Waals surface area contributed by atoms with Crippen LogP contribution in [0, 0.1) is 6.92 Å². The lowest BCUT2D eigenvalue weighted by Crippen LogP contribution is -2.47. The maximum absolute atomic E-state index is 5.49. The van der Waals surface area contributed by atoms with Crippen LogP contribution >= 0.6 is 0 Å². The number of piperidine rings is 1. The van der Waals surface area contributed by atoms with Crippen molar-refractivity contribution in [2.75, 3.05) is 44.2 Å². The van der Waals surface area contributed by atoms with Crippen LogP contribution in [0.5, 0.6) is 11.5 Å². The van der Waals surface area contributed by atoms with Crippen LogP contribution in [-0.4, -0.2) is 60.3 Å². The molecule has 0 spiro atoms. The number of methoxy groups -OCH3 is 2. The van der Waals surface area contributed by atoms with E-state index in [1.165, 1.54) is 0 Å². The minimum absolute atomic E-state index is 0.302. The Hall–Kier alpha value is -3.16. The number of benzene rings is 1. The van der Waals surface area contributed by atoms with Crippen molar-refractivity contribution in [2.24, 2.45) is 0 Å². The zero-order valence-corrected chi connectivity index (χ0v) is 17.3. The van der Waals surface area contributed by atoms with Crippen LogP contribution in [-0.2, 0) is 0 Å². The summed E-state index contributed by atoms with van der Waals surface area (Å²) in [7, 11) is 5.33. The molecule has 29 heavy (non-hydrogen) atoms. The predicted molar refractivity (Wildman–Crippen MR) is 113 cm³/mol. The SMILES string of the molecule is COc1cc2ncnc(N3CCCC(N(C)c4ncc(C)cn4)C3)c2cc1OC. The van der Waals surface area contributed by atoms with Crippen LogP contribution in [0.1, 0.15) is 18.4 Å². The van der Waals surface area contributed by atoms with Gasteiger partial charge in [0.15, 0.2) is 11.5 Å². The van der Waals surface area contributed by atoms with Crippen LogP contribution in [0.25, 0.3) is 10.9 Å². The standard InChI is InChI=1S/C21H26N6O2/c1-14-10-22-21(23-11-14)26(2)15-6-5-7-27(12-15)20-16-8-18(28-3)19(29-4)9-17(16)24-13-25-20/h8-11,13,15H,5-7,12H2,1-4H3. The van der Waals surface area contributed by atoms with Gasteiger partial charge in [0, 0.05) is 50.0 Å². The van der Waals surface area contributed by atoms with E-state index in [0.29, 0.717) is 17.5 Å². The smallest absolute Gasteiger partial charge is 0.225 e. The van der Waals surface area contributed by atoms with Gasteiger partial charge in [-0.1, -0.05) is 0 Å². The summed E-state index contributed by atoms with van der Waals surface area (Å²) >= 11 is 0. The molecule has 8 nitrogen and oxygen atoms in total. The molecule has 1 aliphatic rings. The number of aromatic nitrogens is 4. The van der Waals surface area contributed by atoms with E-state index in [4.69, 9.17) is 9.47 Å². The molecule has 1 aromatic carbocycles.